The Morgan fingerprint density at radius 1 is 1.18 bits per heavy atom. The largest absolute Gasteiger partial charge is 0.490 e. The number of piperidine rings is 1. The van der Waals surface area contributed by atoms with Crippen molar-refractivity contribution in [2.24, 2.45) is 5.92 Å². The molecule has 0 radical (unpaired) electrons. The van der Waals surface area contributed by atoms with E-state index in [0.29, 0.717) is 24.8 Å². The van der Waals surface area contributed by atoms with Gasteiger partial charge in [0.2, 0.25) is 0 Å². The zero-order valence-corrected chi connectivity index (χ0v) is 23.0. The predicted octanol–water partition coefficient (Wildman–Crippen LogP) is 4.80. The van der Waals surface area contributed by atoms with E-state index >= 15 is 0 Å². The van der Waals surface area contributed by atoms with Crippen LogP contribution in [0.4, 0.5) is 4.39 Å². The molecule has 208 valence electrons. The van der Waals surface area contributed by atoms with E-state index in [1.54, 1.807) is 12.4 Å². The quantitative estimate of drug-likeness (QED) is 0.342. The van der Waals surface area contributed by atoms with Crippen LogP contribution in [0.1, 0.15) is 43.7 Å². The zero-order valence-electron chi connectivity index (χ0n) is 23.0. The molecule has 2 fully saturated rings. The fraction of sp³-hybridized carbons (Fsp3) is 0.467. The maximum atomic E-state index is 14.2. The molecule has 1 aliphatic heterocycles. The molecule has 6 rings (SSSR count). The molecule has 40 heavy (non-hydrogen) atoms. The van der Waals surface area contributed by atoms with Crippen LogP contribution in [0, 0.1) is 23.1 Å². The van der Waals surface area contributed by atoms with Crippen molar-refractivity contribution in [2.75, 3.05) is 27.2 Å². The van der Waals surface area contributed by atoms with Gasteiger partial charge in [0.1, 0.15) is 29.6 Å². The first-order valence-corrected chi connectivity index (χ1v) is 14.0. The number of halogens is 1. The summed E-state index contributed by atoms with van der Waals surface area (Å²) in [6.45, 7) is 2.53. The molecule has 1 aromatic carbocycles. The van der Waals surface area contributed by atoms with Crippen molar-refractivity contribution >= 4 is 11.0 Å². The second-order valence-electron chi connectivity index (χ2n) is 11.4. The van der Waals surface area contributed by atoms with Gasteiger partial charge in [-0.2, -0.15) is 10.4 Å². The highest BCUT2D eigenvalue weighted by molar-refractivity contribution is 5.89. The number of ether oxygens (including phenoxy) is 1. The summed E-state index contributed by atoms with van der Waals surface area (Å²) in [5, 5.41) is 15.3. The molecule has 0 bridgehead atoms. The lowest BCUT2D eigenvalue weighted by molar-refractivity contribution is 0.0747. The molecule has 2 unspecified atom stereocenters. The number of aromatic nitrogens is 5. The fourth-order valence-electron chi connectivity index (χ4n) is 6.47. The summed E-state index contributed by atoms with van der Waals surface area (Å²) in [6.07, 6.45) is 11.7. The maximum absolute atomic E-state index is 14.2. The summed E-state index contributed by atoms with van der Waals surface area (Å²) < 4.78 is 22.5. The van der Waals surface area contributed by atoms with Gasteiger partial charge < -0.3 is 19.5 Å². The van der Waals surface area contributed by atoms with Crippen molar-refractivity contribution in [3.8, 4) is 23.1 Å². The Balaban J connectivity index is 1.10. The average molecular weight is 543 g/mol. The molecule has 1 N–H and O–H groups in total. The van der Waals surface area contributed by atoms with E-state index in [1.165, 1.54) is 6.07 Å². The van der Waals surface area contributed by atoms with Crippen LogP contribution in [0.5, 0.6) is 5.75 Å². The molecular weight excluding hydrogens is 507 g/mol. The van der Waals surface area contributed by atoms with E-state index in [0.717, 1.165) is 66.6 Å². The molecule has 4 heterocycles. The van der Waals surface area contributed by atoms with Crippen LogP contribution in [0.2, 0.25) is 0 Å². The number of hydrogen-bond acceptors (Lipinski definition) is 7. The van der Waals surface area contributed by atoms with E-state index in [1.807, 2.05) is 48.2 Å². The first-order valence-electron chi connectivity index (χ1n) is 14.0. The number of fused-ring (bicyclic) bond motifs is 1. The number of benzene rings is 1. The predicted molar refractivity (Wildman–Crippen MR) is 150 cm³/mol. The van der Waals surface area contributed by atoms with Crippen molar-refractivity contribution in [2.45, 2.75) is 56.8 Å². The first kappa shape index (κ1) is 26.4. The molecule has 10 heteroatoms. The third-order valence-electron chi connectivity index (χ3n) is 8.28. The van der Waals surface area contributed by atoms with Crippen LogP contribution in [0.15, 0.2) is 49.2 Å². The minimum absolute atomic E-state index is 0.0733. The number of nitriles is 1. The van der Waals surface area contributed by atoms with Crippen LogP contribution in [-0.4, -0.2) is 73.9 Å². The van der Waals surface area contributed by atoms with Gasteiger partial charge >= 0.3 is 0 Å². The van der Waals surface area contributed by atoms with Gasteiger partial charge in [-0.1, -0.05) is 0 Å². The zero-order chi connectivity index (χ0) is 27.6. The van der Waals surface area contributed by atoms with E-state index in [9.17, 15) is 9.65 Å². The highest BCUT2D eigenvalue weighted by Crippen LogP contribution is 2.41. The Morgan fingerprint density at radius 3 is 2.83 bits per heavy atom. The minimum atomic E-state index is -0.258. The maximum Gasteiger partial charge on any atom is 0.141 e. The van der Waals surface area contributed by atoms with Crippen LogP contribution in [-0.2, 0) is 6.54 Å². The van der Waals surface area contributed by atoms with E-state index < -0.39 is 0 Å². The molecule has 0 spiro atoms. The summed E-state index contributed by atoms with van der Waals surface area (Å²) in [6, 6.07) is 9.96. The number of nitrogens with one attached hydrogen (secondary N) is 1. The highest BCUT2D eigenvalue weighted by Gasteiger charge is 2.39. The highest BCUT2D eigenvalue weighted by atomic mass is 19.1. The SMILES string of the molecule is CN(C)Cc1cc(F)cc(OC2CCN([C@@H]3CC(CC#N)C(n4cc(-c5ncnc6[nH]ccc56)cn4)C3)CC2)c1. The van der Waals surface area contributed by atoms with Gasteiger partial charge in [0.05, 0.1) is 24.0 Å². The Kier molecular flexibility index (Phi) is 7.50. The van der Waals surface area contributed by atoms with E-state index in [4.69, 9.17) is 9.84 Å². The molecule has 1 saturated heterocycles. The number of aromatic amines is 1. The first-order chi connectivity index (χ1) is 19.5. The van der Waals surface area contributed by atoms with Gasteiger partial charge in [-0.3, -0.25) is 4.68 Å². The smallest absolute Gasteiger partial charge is 0.141 e. The third kappa shape index (κ3) is 5.58. The third-order valence-corrected chi connectivity index (χ3v) is 8.28. The summed E-state index contributed by atoms with van der Waals surface area (Å²) >= 11 is 0. The molecule has 3 atom stereocenters. The molecule has 1 aliphatic carbocycles. The summed E-state index contributed by atoms with van der Waals surface area (Å²) in [7, 11) is 3.94. The number of likely N-dealkylation sites (tertiary alicyclic amines) is 1. The standard InChI is InChI=1S/C30H35FN8O/c1-37(2)17-20-11-23(31)14-26(12-20)40-25-5-9-38(10-6-25)24-13-21(3-7-32)28(15-24)39-18-22(16-36-39)29-27-4-8-33-30(27)35-19-34-29/h4,8,11-12,14,16,18-19,21,24-25,28H,3,5-6,9-10,13,15,17H2,1-2H3,(H,33,34,35)/t21?,24-,28?/m1/s1. The molecular formula is C30H35FN8O. The molecule has 4 aromatic rings. The lowest BCUT2D eigenvalue weighted by Crippen LogP contribution is -2.43. The van der Waals surface area contributed by atoms with Crippen molar-refractivity contribution in [1.29, 1.82) is 5.26 Å². The van der Waals surface area contributed by atoms with E-state index in [-0.39, 0.29) is 23.9 Å². The fourth-order valence-corrected chi connectivity index (χ4v) is 6.47. The van der Waals surface area contributed by atoms with Crippen molar-refractivity contribution < 1.29 is 9.13 Å². The minimum Gasteiger partial charge on any atom is -0.490 e. The van der Waals surface area contributed by atoms with Crippen LogP contribution < -0.4 is 4.74 Å². The van der Waals surface area contributed by atoms with Gasteiger partial charge in [-0.25, -0.2) is 14.4 Å². The van der Waals surface area contributed by atoms with Crippen LogP contribution in [0.3, 0.4) is 0 Å². The van der Waals surface area contributed by atoms with Crippen molar-refractivity contribution in [3.05, 3.63) is 60.6 Å². The molecule has 3 aromatic heterocycles. The van der Waals surface area contributed by atoms with Gasteiger partial charge in [0.25, 0.3) is 0 Å². The van der Waals surface area contributed by atoms with Crippen LogP contribution in [0.25, 0.3) is 22.3 Å². The summed E-state index contributed by atoms with van der Waals surface area (Å²) in [5.74, 6) is 0.601. The van der Waals surface area contributed by atoms with Gasteiger partial charge in [-0.05, 0) is 69.5 Å². The summed E-state index contributed by atoms with van der Waals surface area (Å²) in [4.78, 5) is 16.5. The molecule has 2 aliphatic rings. The number of H-pyrrole nitrogens is 1. The summed E-state index contributed by atoms with van der Waals surface area (Å²) in [5.41, 5.74) is 3.53. The Hall–Kier alpha value is -3.81. The monoisotopic (exact) mass is 542 g/mol. The van der Waals surface area contributed by atoms with E-state index in [2.05, 4.69) is 32.1 Å². The van der Waals surface area contributed by atoms with Gasteiger partial charge in [0, 0.05) is 61.5 Å². The molecule has 1 saturated carbocycles. The molecule has 0 amide bonds. The topological polar surface area (TPSA) is 98.9 Å². The number of nitrogens with zero attached hydrogens (tertiary/aromatic N) is 7. The van der Waals surface area contributed by atoms with Crippen molar-refractivity contribution in [3.63, 3.8) is 0 Å². The molecule has 9 nitrogen and oxygen atoms in total. The second-order valence-corrected chi connectivity index (χ2v) is 11.4. The van der Waals surface area contributed by atoms with Gasteiger partial charge in [0.15, 0.2) is 0 Å². The van der Waals surface area contributed by atoms with Crippen LogP contribution >= 0.6 is 0 Å². The Morgan fingerprint density at radius 2 is 2.02 bits per heavy atom. The Labute approximate surface area is 233 Å². The lowest BCUT2D eigenvalue weighted by atomic mass is 10.00. The Bertz CT molecular complexity index is 1500. The van der Waals surface area contributed by atoms with Crippen molar-refractivity contribution in [1.82, 2.24) is 34.5 Å². The number of hydrogen-bond donors (Lipinski definition) is 1. The second kappa shape index (κ2) is 11.4. The lowest BCUT2D eigenvalue weighted by Gasteiger charge is -2.36. The van der Waals surface area contributed by atoms with Gasteiger partial charge in [-0.15, -0.1) is 0 Å². The normalized spacial score (nSPS) is 22.2. The average Bonchev–Trinajstić information content (AvgIpc) is 3.68. The number of rotatable bonds is 8.